The molecule has 4 nitrogen and oxygen atoms in total. The summed E-state index contributed by atoms with van der Waals surface area (Å²) in [4.78, 5) is 1.21. The highest BCUT2D eigenvalue weighted by Crippen LogP contribution is 2.38. The van der Waals surface area contributed by atoms with Crippen LogP contribution in [-0.2, 0) is 10.0 Å². The predicted molar refractivity (Wildman–Crippen MR) is 105 cm³/mol. The fourth-order valence-electron chi connectivity index (χ4n) is 2.92. The Kier molecular flexibility index (Phi) is 4.56. The Labute approximate surface area is 161 Å². The van der Waals surface area contributed by atoms with E-state index in [1.54, 1.807) is 42.5 Å². The van der Waals surface area contributed by atoms with Crippen LogP contribution in [0.4, 0.5) is 0 Å². The number of benzene rings is 2. The molecule has 0 saturated heterocycles. The van der Waals surface area contributed by atoms with Gasteiger partial charge in [-0.25, -0.2) is 0 Å². The van der Waals surface area contributed by atoms with E-state index < -0.39 is 10.0 Å². The lowest BCUT2D eigenvalue weighted by molar-refractivity contribution is 0.375. The van der Waals surface area contributed by atoms with Gasteiger partial charge in [-0.2, -0.15) is 17.9 Å². The van der Waals surface area contributed by atoms with Crippen LogP contribution in [0.2, 0.25) is 5.02 Å². The molecule has 2 heterocycles. The van der Waals surface area contributed by atoms with Crippen LogP contribution in [-0.4, -0.2) is 18.5 Å². The Hall–Kier alpha value is -2.15. The van der Waals surface area contributed by atoms with Gasteiger partial charge in [-0.1, -0.05) is 48.0 Å². The molecule has 1 aliphatic rings. The van der Waals surface area contributed by atoms with Crippen molar-refractivity contribution < 1.29 is 8.42 Å². The molecule has 0 amide bonds. The molecule has 0 N–H and O–H groups in total. The molecule has 1 atom stereocenters. The van der Waals surface area contributed by atoms with Gasteiger partial charge in [0.1, 0.15) is 6.04 Å². The number of nitrogens with zero attached hydrogens (tertiary/aromatic N) is 2. The molecule has 0 aliphatic carbocycles. The van der Waals surface area contributed by atoms with E-state index in [2.05, 4.69) is 5.10 Å². The van der Waals surface area contributed by atoms with Crippen molar-refractivity contribution in [3.63, 3.8) is 0 Å². The highest BCUT2D eigenvalue weighted by molar-refractivity contribution is 7.89. The molecule has 1 aromatic heterocycles. The zero-order chi connectivity index (χ0) is 18.1. The first-order valence-electron chi connectivity index (χ1n) is 8.02. The third kappa shape index (κ3) is 3.16. The molecule has 0 bridgehead atoms. The maximum atomic E-state index is 13.2. The first kappa shape index (κ1) is 17.3. The number of rotatable bonds is 4. The molecular weight excluding hydrogens is 388 g/mol. The minimum absolute atomic E-state index is 0.239. The first-order chi connectivity index (χ1) is 12.6. The van der Waals surface area contributed by atoms with Gasteiger partial charge in [-0.05, 0) is 41.3 Å². The standard InChI is InChI=1S/C19H15ClN2O2S2/c20-15-10-8-14(9-11-15)17-13-18(19-7-4-12-25-19)22(21-17)26(23,24)16-5-2-1-3-6-16/h1-12,18H,13H2/t18-/m0/s1. The van der Waals surface area contributed by atoms with Crippen LogP contribution >= 0.6 is 22.9 Å². The summed E-state index contributed by atoms with van der Waals surface area (Å²) in [6.45, 7) is 0. The van der Waals surface area contributed by atoms with Gasteiger partial charge in [-0.3, -0.25) is 0 Å². The molecule has 0 saturated carbocycles. The van der Waals surface area contributed by atoms with Gasteiger partial charge in [0.05, 0.1) is 10.6 Å². The van der Waals surface area contributed by atoms with Crippen LogP contribution in [0.15, 0.2) is 82.1 Å². The molecule has 3 aromatic rings. The van der Waals surface area contributed by atoms with Crippen molar-refractivity contribution >= 4 is 38.7 Å². The van der Waals surface area contributed by atoms with E-state index in [1.807, 2.05) is 29.6 Å². The van der Waals surface area contributed by atoms with Crippen LogP contribution in [0.5, 0.6) is 0 Å². The Morgan fingerprint density at radius 2 is 1.73 bits per heavy atom. The van der Waals surface area contributed by atoms with Crippen molar-refractivity contribution in [3.8, 4) is 0 Å². The normalized spacial score (nSPS) is 17.3. The van der Waals surface area contributed by atoms with E-state index in [4.69, 9.17) is 11.6 Å². The highest BCUT2D eigenvalue weighted by Gasteiger charge is 2.38. The van der Waals surface area contributed by atoms with E-state index >= 15 is 0 Å². The molecule has 0 radical (unpaired) electrons. The summed E-state index contributed by atoms with van der Waals surface area (Å²) >= 11 is 7.50. The molecule has 26 heavy (non-hydrogen) atoms. The van der Waals surface area contributed by atoms with Crippen molar-refractivity contribution in [1.82, 2.24) is 4.41 Å². The number of hydrazone groups is 1. The lowest BCUT2D eigenvalue weighted by atomic mass is 10.0. The summed E-state index contributed by atoms with van der Waals surface area (Å²) in [6.07, 6.45) is 0.522. The van der Waals surface area contributed by atoms with Crippen LogP contribution < -0.4 is 0 Å². The fraction of sp³-hybridized carbons (Fsp3) is 0.105. The molecule has 0 spiro atoms. The summed E-state index contributed by atoms with van der Waals surface area (Å²) in [5, 5.41) is 7.08. The summed E-state index contributed by atoms with van der Waals surface area (Å²) in [6, 6.07) is 19.2. The largest absolute Gasteiger partial charge is 0.279 e. The highest BCUT2D eigenvalue weighted by atomic mass is 35.5. The topological polar surface area (TPSA) is 49.7 Å². The average molecular weight is 403 g/mol. The van der Waals surface area contributed by atoms with Crippen molar-refractivity contribution in [2.24, 2.45) is 5.10 Å². The smallest absolute Gasteiger partial charge is 0.200 e. The zero-order valence-electron chi connectivity index (χ0n) is 13.6. The second-order valence-corrected chi connectivity index (χ2v) is 9.09. The minimum atomic E-state index is -3.74. The number of hydrogen-bond donors (Lipinski definition) is 0. The fourth-order valence-corrected chi connectivity index (χ4v) is 5.37. The second-order valence-electron chi connectivity index (χ2n) is 5.88. The molecule has 4 rings (SSSR count). The van der Waals surface area contributed by atoms with Crippen molar-refractivity contribution in [3.05, 3.63) is 87.6 Å². The van der Waals surface area contributed by atoms with Gasteiger partial charge in [0.2, 0.25) is 0 Å². The summed E-state index contributed by atoms with van der Waals surface area (Å²) in [7, 11) is -3.74. The van der Waals surface area contributed by atoms with Crippen LogP contribution in [0, 0.1) is 0 Å². The lowest BCUT2D eigenvalue weighted by Crippen LogP contribution is -2.26. The van der Waals surface area contributed by atoms with Gasteiger partial charge >= 0.3 is 0 Å². The Morgan fingerprint density at radius 1 is 1.00 bits per heavy atom. The van der Waals surface area contributed by atoms with Crippen LogP contribution in [0.3, 0.4) is 0 Å². The number of hydrogen-bond acceptors (Lipinski definition) is 4. The average Bonchev–Trinajstić information content (AvgIpc) is 3.33. The van der Waals surface area contributed by atoms with E-state index in [9.17, 15) is 8.42 Å². The van der Waals surface area contributed by atoms with Crippen molar-refractivity contribution in [2.75, 3.05) is 0 Å². The Balaban J connectivity index is 1.78. The molecule has 132 valence electrons. The predicted octanol–water partition coefficient (Wildman–Crippen LogP) is 4.94. The number of sulfonamides is 1. The maximum absolute atomic E-state index is 13.2. The molecule has 0 fully saturated rings. The third-order valence-corrected chi connectivity index (χ3v) is 7.13. The molecule has 7 heteroatoms. The van der Waals surface area contributed by atoms with Crippen LogP contribution in [0.25, 0.3) is 0 Å². The molecule has 0 unspecified atom stereocenters. The monoisotopic (exact) mass is 402 g/mol. The van der Waals surface area contributed by atoms with E-state index in [0.29, 0.717) is 11.4 Å². The summed E-state index contributed by atoms with van der Waals surface area (Å²) in [5.74, 6) is 0. The Morgan fingerprint density at radius 3 is 2.38 bits per heavy atom. The Bertz CT molecular complexity index is 1030. The zero-order valence-corrected chi connectivity index (χ0v) is 16.0. The van der Waals surface area contributed by atoms with Gasteiger partial charge in [0.25, 0.3) is 10.0 Å². The summed E-state index contributed by atoms with van der Waals surface area (Å²) in [5.41, 5.74) is 1.61. The molecule has 2 aromatic carbocycles. The number of halogens is 1. The van der Waals surface area contributed by atoms with E-state index in [-0.39, 0.29) is 10.9 Å². The quantitative estimate of drug-likeness (QED) is 0.620. The van der Waals surface area contributed by atoms with Crippen molar-refractivity contribution in [2.45, 2.75) is 17.4 Å². The minimum Gasteiger partial charge on any atom is -0.200 e. The molecule has 1 aliphatic heterocycles. The van der Waals surface area contributed by atoms with Gasteiger partial charge in [-0.15, -0.1) is 11.3 Å². The van der Waals surface area contributed by atoms with Gasteiger partial charge < -0.3 is 0 Å². The van der Waals surface area contributed by atoms with Crippen molar-refractivity contribution in [1.29, 1.82) is 0 Å². The van der Waals surface area contributed by atoms with E-state index in [0.717, 1.165) is 16.2 Å². The van der Waals surface area contributed by atoms with Gasteiger partial charge in [0, 0.05) is 16.3 Å². The third-order valence-electron chi connectivity index (χ3n) is 4.21. The number of thiophene rings is 1. The SMILES string of the molecule is O=S(=O)(c1ccccc1)N1N=C(c2ccc(Cl)cc2)C[C@H]1c1cccs1. The van der Waals surface area contributed by atoms with Gasteiger partial charge in [0.15, 0.2) is 0 Å². The van der Waals surface area contributed by atoms with Crippen LogP contribution in [0.1, 0.15) is 22.9 Å². The lowest BCUT2D eigenvalue weighted by Gasteiger charge is -2.22. The summed E-state index contributed by atoms with van der Waals surface area (Å²) < 4.78 is 27.6. The maximum Gasteiger partial charge on any atom is 0.279 e. The van der Waals surface area contributed by atoms with E-state index in [1.165, 1.54) is 15.8 Å². The first-order valence-corrected chi connectivity index (χ1v) is 10.7. The second kappa shape index (κ2) is 6.87. The molecular formula is C19H15ClN2O2S2.